The highest BCUT2D eigenvalue weighted by Crippen LogP contribution is 2.33. The quantitative estimate of drug-likeness (QED) is 0.356. The van der Waals surface area contributed by atoms with Crippen LogP contribution in [0.5, 0.6) is 5.75 Å². The summed E-state index contributed by atoms with van der Waals surface area (Å²) in [6.45, 7) is 0.657. The second kappa shape index (κ2) is 9.30. The van der Waals surface area contributed by atoms with Gasteiger partial charge in [0.2, 0.25) is 5.91 Å². The van der Waals surface area contributed by atoms with Crippen LogP contribution in [-0.4, -0.2) is 52.5 Å². The van der Waals surface area contributed by atoms with E-state index in [2.05, 4.69) is 20.6 Å². The van der Waals surface area contributed by atoms with Crippen LogP contribution in [0, 0.1) is 5.82 Å². The third kappa shape index (κ3) is 5.05. The molecule has 0 aliphatic carbocycles. The van der Waals surface area contributed by atoms with Gasteiger partial charge in [0.15, 0.2) is 0 Å². The first-order chi connectivity index (χ1) is 15.8. The van der Waals surface area contributed by atoms with E-state index in [0.29, 0.717) is 40.4 Å². The third-order valence-corrected chi connectivity index (χ3v) is 5.98. The standard InChI is InChI=1S/C23H23ClFN5O3/c1-30(32)9-3-4-15(30)6-8-22(31)29-20-11-16-19(12-21(20)33-2)26-13-27-23(16)28-14-5-7-18(25)17(24)10-14/h5-8,10-13,15,32H,3-4,9H2,1-2H3,(H-,26,27,28,29,31)/p+1. The zero-order chi connectivity index (χ0) is 23.6. The van der Waals surface area contributed by atoms with Gasteiger partial charge in [0.25, 0.3) is 0 Å². The Labute approximate surface area is 195 Å². The lowest BCUT2D eigenvalue weighted by Gasteiger charge is -2.24. The van der Waals surface area contributed by atoms with E-state index < -0.39 is 5.82 Å². The predicted molar refractivity (Wildman–Crippen MR) is 124 cm³/mol. The lowest BCUT2D eigenvalue weighted by molar-refractivity contribution is -1.09. The van der Waals surface area contributed by atoms with E-state index >= 15 is 0 Å². The van der Waals surface area contributed by atoms with Gasteiger partial charge < -0.3 is 15.4 Å². The predicted octanol–water partition coefficient (Wildman–Crippen LogP) is 4.67. The lowest BCUT2D eigenvalue weighted by Crippen LogP contribution is -2.43. The summed E-state index contributed by atoms with van der Waals surface area (Å²) in [4.78, 5) is 21.1. The fourth-order valence-corrected chi connectivity index (χ4v) is 4.06. The fraction of sp³-hybridized carbons (Fsp3) is 0.261. The number of fused-ring (bicyclic) bond motifs is 1. The van der Waals surface area contributed by atoms with Gasteiger partial charge in [0, 0.05) is 36.1 Å². The zero-order valence-corrected chi connectivity index (χ0v) is 18.9. The average Bonchev–Trinajstić information content (AvgIpc) is 3.12. The number of anilines is 3. The molecule has 1 amide bonds. The molecule has 1 aliphatic heterocycles. The topological polar surface area (TPSA) is 96.4 Å². The molecule has 1 saturated heterocycles. The van der Waals surface area contributed by atoms with Gasteiger partial charge >= 0.3 is 0 Å². The molecule has 1 aromatic heterocycles. The molecule has 0 bridgehead atoms. The number of aromatic nitrogens is 2. The van der Waals surface area contributed by atoms with Crippen LogP contribution < -0.4 is 15.4 Å². The van der Waals surface area contributed by atoms with Gasteiger partial charge in [0.05, 0.1) is 30.4 Å². The van der Waals surface area contributed by atoms with Crippen molar-refractivity contribution < 1.29 is 23.8 Å². The summed E-state index contributed by atoms with van der Waals surface area (Å²) in [6, 6.07) is 7.53. The summed E-state index contributed by atoms with van der Waals surface area (Å²) in [5, 5.41) is 16.9. The molecule has 0 radical (unpaired) electrons. The van der Waals surface area contributed by atoms with Gasteiger partial charge in [-0.3, -0.25) is 4.79 Å². The number of halogens is 2. The van der Waals surface area contributed by atoms with Crippen LogP contribution in [0.4, 0.5) is 21.6 Å². The maximum absolute atomic E-state index is 13.5. The number of nitrogens with one attached hydrogen (secondary N) is 2. The summed E-state index contributed by atoms with van der Waals surface area (Å²) in [5.74, 6) is 0.0183. The molecular formula is C23H24ClFN5O3+. The minimum absolute atomic E-state index is 0.0142. The Balaban J connectivity index is 1.61. The van der Waals surface area contributed by atoms with Crippen molar-refractivity contribution >= 4 is 45.6 Å². The summed E-state index contributed by atoms with van der Waals surface area (Å²) in [7, 11) is 3.23. The molecule has 0 spiro atoms. The number of quaternary nitrogens is 1. The summed E-state index contributed by atoms with van der Waals surface area (Å²) in [6.07, 6.45) is 6.26. The van der Waals surface area contributed by atoms with E-state index in [-0.39, 0.29) is 21.6 Å². The third-order valence-electron chi connectivity index (χ3n) is 5.69. The molecule has 3 aromatic rings. The van der Waals surface area contributed by atoms with E-state index in [1.807, 2.05) is 0 Å². The molecule has 1 fully saturated rings. The van der Waals surface area contributed by atoms with Crippen molar-refractivity contribution in [1.29, 1.82) is 0 Å². The SMILES string of the molecule is COc1cc2ncnc(Nc3ccc(F)c(Cl)c3)c2cc1NC(=O)C=CC1CCC[N+]1(C)O. The van der Waals surface area contributed by atoms with E-state index in [0.717, 1.165) is 12.8 Å². The maximum Gasteiger partial charge on any atom is 0.248 e. The monoisotopic (exact) mass is 472 g/mol. The first-order valence-corrected chi connectivity index (χ1v) is 10.8. The molecule has 8 nitrogen and oxygen atoms in total. The number of ether oxygens (including phenoxy) is 1. The largest absolute Gasteiger partial charge is 0.494 e. The normalized spacial score (nSPS) is 20.3. The number of nitrogens with zero attached hydrogens (tertiary/aromatic N) is 3. The molecule has 4 rings (SSSR count). The van der Waals surface area contributed by atoms with Crippen LogP contribution in [0.25, 0.3) is 10.9 Å². The van der Waals surface area contributed by atoms with Gasteiger partial charge in [-0.15, -0.1) is 0 Å². The Morgan fingerprint density at radius 3 is 2.85 bits per heavy atom. The highest BCUT2D eigenvalue weighted by Gasteiger charge is 2.35. The van der Waals surface area contributed by atoms with Crippen molar-refractivity contribution in [2.24, 2.45) is 0 Å². The molecule has 1 aliphatic rings. The average molecular weight is 473 g/mol. The molecule has 172 valence electrons. The van der Waals surface area contributed by atoms with Crippen LogP contribution in [0.15, 0.2) is 48.8 Å². The Morgan fingerprint density at radius 1 is 1.33 bits per heavy atom. The summed E-state index contributed by atoms with van der Waals surface area (Å²) >= 11 is 5.88. The van der Waals surface area contributed by atoms with Crippen LogP contribution in [-0.2, 0) is 4.79 Å². The molecule has 10 heteroatoms. The van der Waals surface area contributed by atoms with Crippen molar-refractivity contribution in [1.82, 2.24) is 9.97 Å². The number of carbonyl (C=O) groups excluding carboxylic acids is 1. The minimum Gasteiger partial charge on any atom is -0.494 e. The smallest absolute Gasteiger partial charge is 0.248 e. The number of amides is 1. The maximum atomic E-state index is 13.5. The van der Waals surface area contributed by atoms with E-state index in [4.69, 9.17) is 16.3 Å². The van der Waals surface area contributed by atoms with Crippen molar-refractivity contribution in [3.05, 3.63) is 59.7 Å². The number of carbonyl (C=O) groups is 1. The molecule has 2 heterocycles. The molecule has 0 saturated carbocycles. The zero-order valence-electron chi connectivity index (χ0n) is 18.2. The Morgan fingerprint density at radius 2 is 2.15 bits per heavy atom. The van der Waals surface area contributed by atoms with Gasteiger partial charge in [-0.25, -0.2) is 19.6 Å². The van der Waals surface area contributed by atoms with Crippen LogP contribution in [0.3, 0.4) is 0 Å². The Kier molecular flexibility index (Phi) is 6.46. The van der Waals surface area contributed by atoms with Gasteiger partial charge in [-0.05, 0) is 30.3 Å². The Hall–Kier alpha value is -3.27. The van der Waals surface area contributed by atoms with E-state index in [1.54, 1.807) is 31.3 Å². The number of methoxy groups -OCH3 is 1. The summed E-state index contributed by atoms with van der Waals surface area (Å²) in [5.41, 5.74) is 1.57. The minimum atomic E-state index is -0.518. The van der Waals surface area contributed by atoms with Gasteiger partial charge in [0.1, 0.15) is 36.3 Å². The van der Waals surface area contributed by atoms with Crippen molar-refractivity contribution in [3.8, 4) is 5.75 Å². The second-order valence-electron chi connectivity index (χ2n) is 8.04. The van der Waals surface area contributed by atoms with E-state index in [9.17, 15) is 14.4 Å². The Bertz CT molecular complexity index is 1230. The van der Waals surface area contributed by atoms with Crippen molar-refractivity contribution in [2.75, 3.05) is 31.3 Å². The first kappa shape index (κ1) is 22.9. The highest BCUT2D eigenvalue weighted by molar-refractivity contribution is 6.31. The van der Waals surface area contributed by atoms with Crippen LogP contribution in [0.1, 0.15) is 12.8 Å². The van der Waals surface area contributed by atoms with Crippen LogP contribution >= 0.6 is 11.6 Å². The molecule has 2 unspecified atom stereocenters. The molecule has 2 atom stereocenters. The number of likely N-dealkylation sites (N-methyl/N-ethyl adjacent to an activating group) is 1. The lowest BCUT2D eigenvalue weighted by atomic mass is 10.1. The van der Waals surface area contributed by atoms with Crippen molar-refractivity contribution in [3.63, 3.8) is 0 Å². The number of likely N-dealkylation sites (tertiary alicyclic amines) is 1. The number of hydrogen-bond donors (Lipinski definition) is 3. The van der Waals surface area contributed by atoms with Crippen LogP contribution in [0.2, 0.25) is 5.02 Å². The number of benzene rings is 2. The fourth-order valence-electron chi connectivity index (χ4n) is 3.88. The molecule has 33 heavy (non-hydrogen) atoms. The van der Waals surface area contributed by atoms with E-state index in [1.165, 1.54) is 31.6 Å². The van der Waals surface area contributed by atoms with Gasteiger partial charge in [-0.2, -0.15) is 4.65 Å². The first-order valence-electron chi connectivity index (χ1n) is 10.4. The second-order valence-corrected chi connectivity index (χ2v) is 8.45. The summed E-state index contributed by atoms with van der Waals surface area (Å²) < 4.78 is 18.8. The number of hydrogen-bond acceptors (Lipinski definition) is 6. The molecule has 3 N–H and O–H groups in total. The number of rotatable bonds is 6. The van der Waals surface area contributed by atoms with Crippen molar-refractivity contribution in [2.45, 2.75) is 18.9 Å². The number of hydroxylamine groups is 3. The molecular weight excluding hydrogens is 449 g/mol. The highest BCUT2D eigenvalue weighted by atomic mass is 35.5. The molecule has 2 aromatic carbocycles. The van der Waals surface area contributed by atoms with Gasteiger partial charge in [-0.1, -0.05) is 11.6 Å².